The van der Waals surface area contributed by atoms with Gasteiger partial charge in [-0.15, -0.1) is 0 Å². The summed E-state index contributed by atoms with van der Waals surface area (Å²) < 4.78 is 0. The predicted octanol–water partition coefficient (Wildman–Crippen LogP) is 4.91. The first-order valence-electron chi connectivity index (χ1n) is 12.2. The number of aromatic nitrogens is 6. The molecule has 1 aliphatic heterocycles. The Morgan fingerprint density at radius 3 is 2.49 bits per heavy atom. The Morgan fingerprint density at radius 2 is 1.77 bits per heavy atom. The fourth-order valence-electron chi connectivity index (χ4n) is 4.26. The highest BCUT2D eigenvalue weighted by molar-refractivity contribution is 5.94. The Hall–Kier alpha value is -3.78. The summed E-state index contributed by atoms with van der Waals surface area (Å²) in [5.74, 6) is 0. The Balaban J connectivity index is 0.00000141. The van der Waals surface area contributed by atoms with E-state index in [-0.39, 0.29) is 0 Å². The number of rotatable bonds is 5. The highest BCUT2D eigenvalue weighted by Gasteiger charge is 2.21. The summed E-state index contributed by atoms with van der Waals surface area (Å²) in [6, 6.07) is 4.25. The maximum atomic E-state index is 4.62. The number of pyridine rings is 1. The molecule has 0 saturated carbocycles. The van der Waals surface area contributed by atoms with E-state index >= 15 is 0 Å². The molecule has 182 valence electrons. The van der Waals surface area contributed by atoms with Crippen LogP contribution in [0.1, 0.15) is 32.0 Å². The molecular formula is C27H34N8. The largest absolute Gasteiger partial charge is 0.368 e. The van der Waals surface area contributed by atoms with Gasteiger partial charge in [-0.1, -0.05) is 26.0 Å². The molecule has 0 bridgehead atoms. The van der Waals surface area contributed by atoms with Gasteiger partial charge in [-0.3, -0.25) is 10.1 Å². The van der Waals surface area contributed by atoms with Gasteiger partial charge in [0, 0.05) is 66.5 Å². The molecule has 0 unspecified atom stereocenters. The molecule has 4 aromatic heterocycles. The normalized spacial score (nSPS) is 15.0. The van der Waals surface area contributed by atoms with E-state index in [1.54, 1.807) is 12.4 Å². The van der Waals surface area contributed by atoms with Gasteiger partial charge in [0.2, 0.25) is 0 Å². The summed E-state index contributed by atoms with van der Waals surface area (Å²) in [5.41, 5.74) is 8.02. The number of aromatic amines is 2. The predicted molar refractivity (Wildman–Crippen MR) is 143 cm³/mol. The van der Waals surface area contributed by atoms with E-state index in [0.29, 0.717) is 0 Å². The minimum Gasteiger partial charge on any atom is -0.368 e. The average Bonchev–Trinajstić information content (AvgIpc) is 3.50. The Kier molecular flexibility index (Phi) is 7.72. The van der Waals surface area contributed by atoms with Crippen LogP contribution in [0.4, 0.5) is 0 Å². The van der Waals surface area contributed by atoms with Gasteiger partial charge in [-0.25, -0.2) is 9.97 Å². The minimum absolute atomic E-state index is 0.820. The Bertz CT molecular complexity index is 1310. The van der Waals surface area contributed by atoms with Crippen LogP contribution in [-0.2, 0) is 0 Å². The third-order valence-electron chi connectivity index (χ3n) is 6.14. The van der Waals surface area contributed by atoms with Crippen LogP contribution in [0.2, 0.25) is 0 Å². The maximum Gasteiger partial charge on any atom is 0.116 e. The molecule has 8 heteroatoms. The molecule has 0 amide bonds. The number of hydrogen-bond donors (Lipinski definition) is 2. The highest BCUT2D eigenvalue weighted by atomic mass is 15.3. The lowest BCUT2D eigenvalue weighted by Gasteiger charge is -2.35. The van der Waals surface area contributed by atoms with Gasteiger partial charge >= 0.3 is 0 Å². The Morgan fingerprint density at radius 1 is 1.03 bits per heavy atom. The SMILES string of the molecule is C/C=C\C=C(/c1cc(-c2n[nH]c3cnc(-c4cncnc4)cc23)[nH]c1C)N1CCN(C)CC1.CC. The first-order chi connectivity index (χ1) is 17.1. The van der Waals surface area contributed by atoms with E-state index in [4.69, 9.17) is 0 Å². The number of nitrogens with zero attached hydrogens (tertiary/aromatic N) is 6. The fourth-order valence-corrected chi connectivity index (χ4v) is 4.26. The molecule has 1 fully saturated rings. The third-order valence-corrected chi connectivity index (χ3v) is 6.14. The molecule has 8 nitrogen and oxygen atoms in total. The van der Waals surface area contributed by atoms with Crippen LogP contribution < -0.4 is 0 Å². The van der Waals surface area contributed by atoms with Crippen molar-refractivity contribution in [2.75, 3.05) is 33.2 Å². The van der Waals surface area contributed by atoms with Crippen LogP contribution >= 0.6 is 0 Å². The quantitative estimate of drug-likeness (QED) is 0.403. The van der Waals surface area contributed by atoms with Gasteiger partial charge in [0.25, 0.3) is 0 Å². The number of aryl methyl sites for hydroxylation is 1. The van der Waals surface area contributed by atoms with Gasteiger partial charge in [0.15, 0.2) is 0 Å². The number of piperazine rings is 1. The second-order valence-corrected chi connectivity index (χ2v) is 8.40. The number of H-pyrrole nitrogens is 2. The van der Waals surface area contributed by atoms with Gasteiger partial charge < -0.3 is 14.8 Å². The lowest BCUT2D eigenvalue weighted by molar-refractivity contribution is 0.207. The van der Waals surface area contributed by atoms with Crippen molar-refractivity contribution in [2.24, 2.45) is 0 Å². The van der Waals surface area contributed by atoms with Crippen molar-refractivity contribution in [1.82, 2.24) is 39.9 Å². The monoisotopic (exact) mass is 470 g/mol. The lowest BCUT2D eigenvalue weighted by Crippen LogP contribution is -2.43. The van der Waals surface area contributed by atoms with Crippen LogP contribution in [0.5, 0.6) is 0 Å². The minimum atomic E-state index is 0.820. The van der Waals surface area contributed by atoms with Crippen molar-refractivity contribution in [3.8, 4) is 22.6 Å². The second-order valence-electron chi connectivity index (χ2n) is 8.40. The first-order valence-corrected chi connectivity index (χ1v) is 12.2. The molecule has 2 N–H and O–H groups in total. The molecule has 0 atom stereocenters. The second kappa shape index (κ2) is 11.1. The van der Waals surface area contributed by atoms with Crippen LogP contribution in [0.15, 0.2) is 55.3 Å². The smallest absolute Gasteiger partial charge is 0.116 e. The average molecular weight is 471 g/mol. The van der Waals surface area contributed by atoms with E-state index in [0.717, 1.165) is 65.4 Å². The zero-order valence-electron chi connectivity index (χ0n) is 21.2. The summed E-state index contributed by atoms with van der Waals surface area (Å²) >= 11 is 0. The van der Waals surface area contributed by atoms with Crippen LogP contribution in [0.3, 0.4) is 0 Å². The molecule has 4 aromatic rings. The molecular weight excluding hydrogens is 436 g/mol. The van der Waals surface area contributed by atoms with Gasteiger partial charge in [0.05, 0.1) is 23.1 Å². The van der Waals surface area contributed by atoms with Crippen LogP contribution in [0.25, 0.3) is 39.2 Å². The van der Waals surface area contributed by atoms with E-state index in [1.807, 2.05) is 33.0 Å². The first kappa shape index (κ1) is 24.3. The third kappa shape index (κ3) is 5.17. The molecule has 0 aliphatic carbocycles. The zero-order valence-corrected chi connectivity index (χ0v) is 21.2. The maximum absolute atomic E-state index is 4.62. The molecule has 0 spiro atoms. The number of likely N-dealkylation sites (N-methyl/N-ethyl adjacent to an activating group) is 1. The van der Waals surface area contributed by atoms with E-state index < -0.39 is 0 Å². The fraction of sp³-hybridized carbons (Fsp3) is 0.333. The Labute approximate surface area is 206 Å². The van der Waals surface area contributed by atoms with Crippen LogP contribution in [-0.4, -0.2) is 73.2 Å². The topological polar surface area (TPSA) is 89.6 Å². The van der Waals surface area contributed by atoms with Gasteiger partial charge in [-0.05, 0) is 39.1 Å². The molecule has 0 aromatic carbocycles. The van der Waals surface area contributed by atoms with Crippen molar-refractivity contribution in [1.29, 1.82) is 0 Å². The summed E-state index contributed by atoms with van der Waals surface area (Å²) in [7, 11) is 2.18. The molecule has 5 heterocycles. The number of fused-ring (bicyclic) bond motifs is 1. The van der Waals surface area contributed by atoms with Crippen molar-refractivity contribution in [3.05, 3.63) is 66.5 Å². The summed E-state index contributed by atoms with van der Waals surface area (Å²) in [5, 5.41) is 8.75. The zero-order chi connectivity index (χ0) is 24.8. The van der Waals surface area contributed by atoms with Gasteiger partial charge in [-0.2, -0.15) is 5.10 Å². The van der Waals surface area contributed by atoms with Crippen molar-refractivity contribution >= 4 is 16.6 Å². The standard InChI is InChI=1S/C25H28N8.C2H6/c1-4-5-6-24(33-9-7-32(3)8-10-33)19-11-22(29-17(19)2)25-20-12-21(18-13-26-16-27-14-18)28-15-23(20)30-31-25;1-2/h4-6,11-16,29H,7-10H2,1-3H3,(H,30,31);1-2H3/b5-4-,24-6+;. The van der Waals surface area contributed by atoms with Crippen molar-refractivity contribution in [2.45, 2.75) is 27.7 Å². The summed E-state index contributed by atoms with van der Waals surface area (Å²) in [6.07, 6.45) is 13.3. The molecule has 1 aliphatic rings. The summed E-state index contributed by atoms with van der Waals surface area (Å²) in [4.78, 5) is 21.2. The van der Waals surface area contributed by atoms with Crippen LogP contribution in [0, 0.1) is 6.92 Å². The van der Waals surface area contributed by atoms with E-state index in [1.165, 1.54) is 17.6 Å². The van der Waals surface area contributed by atoms with Gasteiger partial charge in [0.1, 0.15) is 12.0 Å². The van der Waals surface area contributed by atoms with Crippen molar-refractivity contribution in [3.63, 3.8) is 0 Å². The number of allylic oxidation sites excluding steroid dienone is 3. The molecule has 5 rings (SSSR count). The molecule has 1 saturated heterocycles. The highest BCUT2D eigenvalue weighted by Crippen LogP contribution is 2.32. The summed E-state index contributed by atoms with van der Waals surface area (Å²) in [6.45, 7) is 12.3. The molecule has 0 radical (unpaired) electrons. The van der Waals surface area contributed by atoms with E-state index in [2.05, 4.69) is 78.2 Å². The number of hydrogen-bond acceptors (Lipinski definition) is 6. The van der Waals surface area contributed by atoms with Crippen molar-refractivity contribution < 1.29 is 0 Å². The molecule has 35 heavy (non-hydrogen) atoms. The lowest BCUT2D eigenvalue weighted by atomic mass is 10.1. The van der Waals surface area contributed by atoms with E-state index in [9.17, 15) is 0 Å². The number of nitrogens with one attached hydrogen (secondary N) is 2.